The van der Waals surface area contributed by atoms with Gasteiger partial charge in [0.2, 0.25) is 0 Å². The minimum absolute atomic E-state index is 0.263. The van der Waals surface area contributed by atoms with Gasteiger partial charge in [0.05, 0.1) is 5.56 Å². The Kier molecular flexibility index (Phi) is 3.41. The molecule has 2 rings (SSSR count). The average molecular weight is 248 g/mol. The predicted molar refractivity (Wildman–Crippen MR) is 65.9 cm³/mol. The van der Waals surface area contributed by atoms with Crippen LogP contribution in [0.3, 0.4) is 0 Å². The van der Waals surface area contributed by atoms with Gasteiger partial charge in [-0.2, -0.15) is 0 Å². The second-order valence-corrected chi connectivity index (χ2v) is 3.98. The number of aromatic amines is 1. The predicted octanol–water partition coefficient (Wildman–Crippen LogP) is 2.02. The summed E-state index contributed by atoms with van der Waals surface area (Å²) < 4.78 is 13.0. The van der Waals surface area contributed by atoms with Crippen molar-refractivity contribution in [2.45, 2.75) is 13.3 Å². The summed E-state index contributed by atoms with van der Waals surface area (Å²) >= 11 is 0. The Hall–Kier alpha value is -2.17. The van der Waals surface area contributed by atoms with E-state index in [-0.39, 0.29) is 5.56 Å². The highest BCUT2D eigenvalue weighted by molar-refractivity contribution is 6.44. The summed E-state index contributed by atoms with van der Waals surface area (Å²) in [5, 5.41) is 3.07. The van der Waals surface area contributed by atoms with Gasteiger partial charge in [0.15, 0.2) is 0 Å². The number of benzene rings is 1. The lowest BCUT2D eigenvalue weighted by atomic mass is 10.1. The fourth-order valence-electron chi connectivity index (χ4n) is 1.73. The van der Waals surface area contributed by atoms with Crippen LogP contribution >= 0.6 is 0 Å². The number of amides is 1. The van der Waals surface area contributed by atoms with Crippen molar-refractivity contribution in [3.8, 4) is 0 Å². The molecule has 94 valence electrons. The Bertz CT molecular complexity index is 604. The summed E-state index contributed by atoms with van der Waals surface area (Å²) in [6, 6.07) is 4.04. The molecular formula is C13H13FN2O2. The molecule has 4 nitrogen and oxygen atoms in total. The number of carbonyl (C=O) groups is 2. The van der Waals surface area contributed by atoms with Crippen LogP contribution in [0.4, 0.5) is 4.39 Å². The molecule has 0 spiro atoms. The number of ketones is 1. The van der Waals surface area contributed by atoms with Crippen LogP contribution in [0.1, 0.15) is 23.7 Å². The Morgan fingerprint density at radius 3 is 2.89 bits per heavy atom. The van der Waals surface area contributed by atoms with Crippen molar-refractivity contribution in [1.82, 2.24) is 10.3 Å². The second-order valence-electron chi connectivity index (χ2n) is 3.98. The van der Waals surface area contributed by atoms with Gasteiger partial charge >= 0.3 is 0 Å². The van der Waals surface area contributed by atoms with Gasteiger partial charge in [-0.05, 0) is 24.6 Å². The van der Waals surface area contributed by atoms with Crippen molar-refractivity contribution in [1.29, 1.82) is 0 Å². The van der Waals surface area contributed by atoms with Crippen LogP contribution < -0.4 is 5.32 Å². The molecule has 1 aromatic heterocycles. The first-order valence-electron chi connectivity index (χ1n) is 5.72. The van der Waals surface area contributed by atoms with E-state index in [1.807, 2.05) is 6.92 Å². The van der Waals surface area contributed by atoms with E-state index in [4.69, 9.17) is 0 Å². The molecule has 0 aliphatic heterocycles. The normalized spacial score (nSPS) is 10.6. The molecule has 0 saturated heterocycles. The van der Waals surface area contributed by atoms with Crippen LogP contribution in [0.25, 0.3) is 10.9 Å². The lowest BCUT2D eigenvalue weighted by molar-refractivity contribution is -0.116. The maximum atomic E-state index is 13.0. The first kappa shape index (κ1) is 12.3. The number of hydrogen-bond acceptors (Lipinski definition) is 2. The van der Waals surface area contributed by atoms with E-state index >= 15 is 0 Å². The monoisotopic (exact) mass is 248 g/mol. The van der Waals surface area contributed by atoms with E-state index in [9.17, 15) is 14.0 Å². The summed E-state index contributed by atoms with van der Waals surface area (Å²) in [5.41, 5.74) is 0.764. The molecule has 0 atom stereocenters. The summed E-state index contributed by atoms with van der Waals surface area (Å²) in [7, 11) is 0. The minimum Gasteiger partial charge on any atom is -0.360 e. The number of H-pyrrole nitrogens is 1. The van der Waals surface area contributed by atoms with Gasteiger partial charge in [-0.15, -0.1) is 0 Å². The molecule has 0 aliphatic rings. The average Bonchev–Trinajstić information content (AvgIpc) is 2.77. The van der Waals surface area contributed by atoms with Gasteiger partial charge in [0, 0.05) is 23.6 Å². The molecule has 18 heavy (non-hydrogen) atoms. The molecule has 0 saturated carbocycles. The number of hydrogen-bond donors (Lipinski definition) is 2. The van der Waals surface area contributed by atoms with Crippen molar-refractivity contribution in [2.75, 3.05) is 6.54 Å². The minimum atomic E-state index is -0.637. The molecule has 0 aliphatic carbocycles. The number of halogens is 1. The molecule has 2 aromatic rings. The smallest absolute Gasteiger partial charge is 0.292 e. The van der Waals surface area contributed by atoms with Crippen molar-refractivity contribution >= 4 is 22.6 Å². The lowest BCUT2D eigenvalue weighted by Gasteiger charge is -2.01. The number of fused-ring (bicyclic) bond motifs is 1. The molecule has 0 unspecified atom stereocenters. The molecular weight excluding hydrogens is 235 g/mol. The third-order valence-electron chi connectivity index (χ3n) is 2.63. The second kappa shape index (κ2) is 5.00. The van der Waals surface area contributed by atoms with E-state index in [1.54, 1.807) is 0 Å². The van der Waals surface area contributed by atoms with Gasteiger partial charge < -0.3 is 10.3 Å². The van der Waals surface area contributed by atoms with Crippen molar-refractivity contribution in [3.63, 3.8) is 0 Å². The molecule has 0 radical (unpaired) electrons. The number of carbonyl (C=O) groups excluding carboxylic acids is 2. The third kappa shape index (κ3) is 2.25. The van der Waals surface area contributed by atoms with Crippen LogP contribution in [-0.2, 0) is 4.79 Å². The Morgan fingerprint density at radius 1 is 1.39 bits per heavy atom. The fourth-order valence-corrected chi connectivity index (χ4v) is 1.73. The van der Waals surface area contributed by atoms with Crippen molar-refractivity contribution in [3.05, 3.63) is 35.8 Å². The zero-order valence-corrected chi connectivity index (χ0v) is 9.92. The number of aromatic nitrogens is 1. The van der Waals surface area contributed by atoms with Gasteiger partial charge in [0.25, 0.3) is 11.7 Å². The standard InChI is InChI=1S/C13H13FN2O2/c1-2-5-15-13(18)12(17)10-7-16-11-6-8(14)3-4-9(10)11/h3-4,6-7,16H,2,5H2,1H3,(H,15,18). The largest absolute Gasteiger partial charge is 0.360 e. The fraction of sp³-hybridized carbons (Fsp3) is 0.231. The highest BCUT2D eigenvalue weighted by atomic mass is 19.1. The van der Waals surface area contributed by atoms with Gasteiger partial charge in [-0.25, -0.2) is 4.39 Å². The Balaban J connectivity index is 2.31. The quantitative estimate of drug-likeness (QED) is 0.642. The molecule has 0 fully saturated rings. The zero-order valence-electron chi connectivity index (χ0n) is 9.92. The summed E-state index contributed by atoms with van der Waals surface area (Å²) in [6.45, 7) is 2.36. The van der Waals surface area contributed by atoms with Crippen LogP contribution in [0.15, 0.2) is 24.4 Å². The summed E-state index contributed by atoms with van der Waals surface area (Å²) in [5.74, 6) is -1.64. The molecule has 0 bridgehead atoms. The maximum absolute atomic E-state index is 13.0. The van der Waals surface area contributed by atoms with E-state index in [1.165, 1.54) is 24.4 Å². The van der Waals surface area contributed by atoms with Crippen LogP contribution in [0, 0.1) is 5.82 Å². The third-order valence-corrected chi connectivity index (χ3v) is 2.63. The Labute approximate surface area is 103 Å². The molecule has 2 N–H and O–H groups in total. The Morgan fingerprint density at radius 2 is 2.17 bits per heavy atom. The van der Waals surface area contributed by atoms with Crippen molar-refractivity contribution in [2.24, 2.45) is 0 Å². The first-order valence-corrected chi connectivity index (χ1v) is 5.72. The number of Topliss-reactive ketones (excluding diaryl/α,β-unsaturated/α-hetero) is 1. The molecule has 1 heterocycles. The summed E-state index contributed by atoms with van der Waals surface area (Å²) in [4.78, 5) is 26.2. The van der Waals surface area contributed by atoms with Crippen molar-refractivity contribution < 1.29 is 14.0 Å². The maximum Gasteiger partial charge on any atom is 0.292 e. The van der Waals surface area contributed by atoms with Crippen LogP contribution in [-0.4, -0.2) is 23.2 Å². The molecule has 5 heteroatoms. The lowest BCUT2D eigenvalue weighted by Crippen LogP contribution is -2.31. The zero-order chi connectivity index (χ0) is 13.1. The highest BCUT2D eigenvalue weighted by Gasteiger charge is 2.19. The van der Waals surface area contributed by atoms with Crippen LogP contribution in [0.5, 0.6) is 0 Å². The number of rotatable bonds is 4. The SMILES string of the molecule is CCCNC(=O)C(=O)c1c[nH]c2cc(F)ccc12. The summed E-state index contributed by atoms with van der Waals surface area (Å²) in [6.07, 6.45) is 2.19. The first-order chi connectivity index (χ1) is 8.63. The van der Waals surface area contributed by atoms with Gasteiger partial charge in [-0.3, -0.25) is 9.59 Å². The molecule has 1 amide bonds. The van der Waals surface area contributed by atoms with E-state index in [0.29, 0.717) is 17.4 Å². The molecule has 1 aromatic carbocycles. The van der Waals surface area contributed by atoms with E-state index < -0.39 is 17.5 Å². The van der Waals surface area contributed by atoms with Gasteiger partial charge in [0.1, 0.15) is 5.82 Å². The number of nitrogens with one attached hydrogen (secondary N) is 2. The topological polar surface area (TPSA) is 62.0 Å². The van der Waals surface area contributed by atoms with Crippen LogP contribution in [0.2, 0.25) is 0 Å². The highest BCUT2D eigenvalue weighted by Crippen LogP contribution is 2.19. The van der Waals surface area contributed by atoms with E-state index in [0.717, 1.165) is 6.42 Å². The van der Waals surface area contributed by atoms with Gasteiger partial charge in [-0.1, -0.05) is 6.92 Å². The van der Waals surface area contributed by atoms with E-state index in [2.05, 4.69) is 10.3 Å².